The molecule has 0 N–H and O–H groups in total. The normalized spacial score (nSPS) is 38.5. The summed E-state index contributed by atoms with van der Waals surface area (Å²) >= 11 is 0. The molecule has 0 aromatic heterocycles. The van der Waals surface area contributed by atoms with Crippen molar-refractivity contribution in [2.24, 2.45) is 22.7 Å². The van der Waals surface area contributed by atoms with Crippen LogP contribution in [0.1, 0.15) is 54.4 Å². The van der Waals surface area contributed by atoms with E-state index >= 15 is 0 Å². The Hall–Kier alpha value is -1.89. The molecule has 6 atom stereocenters. The molecule has 3 rings (SSSR count). The highest BCUT2D eigenvalue weighted by atomic mass is 16.7. The molecular formula is C21H30O7. The van der Waals surface area contributed by atoms with Crippen molar-refractivity contribution < 1.29 is 33.3 Å². The SMILES string of the molecule is CC(=O)OC1C=C2COC(OC(C)=O)C2C2(C)C(OC(C)=O)CCC(C)(C)C12. The second-order valence-electron chi connectivity index (χ2n) is 9.05. The van der Waals surface area contributed by atoms with E-state index < -0.39 is 29.9 Å². The fourth-order valence-electron chi connectivity index (χ4n) is 5.84. The van der Waals surface area contributed by atoms with Gasteiger partial charge in [0.05, 0.1) is 12.5 Å². The largest absolute Gasteiger partial charge is 0.462 e. The minimum Gasteiger partial charge on any atom is -0.462 e. The van der Waals surface area contributed by atoms with Gasteiger partial charge in [-0.1, -0.05) is 20.8 Å². The highest BCUT2D eigenvalue weighted by Crippen LogP contribution is 2.63. The molecule has 0 radical (unpaired) electrons. The van der Waals surface area contributed by atoms with Gasteiger partial charge in [0.1, 0.15) is 12.2 Å². The van der Waals surface area contributed by atoms with Crippen molar-refractivity contribution in [1.82, 2.24) is 0 Å². The highest BCUT2D eigenvalue weighted by molar-refractivity contribution is 5.67. The first-order chi connectivity index (χ1) is 13.0. The van der Waals surface area contributed by atoms with Crippen LogP contribution in [0.3, 0.4) is 0 Å². The number of ether oxygens (including phenoxy) is 4. The average Bonchev–Trinajstić information content (AvgIpc) is 2.92. The van der Waals surface area contributed by atoms with Gasteiger partial charge in [0.25, 0.3) is 0 Å². The summed E-state index contributed by atoms with van der Waals surface area (Å²) in [6.07, 6.45) is 1.85. The zero-order valence-corrected chi connectivity index (χ0v) is 17.4. The van der Waals surface area contributed by atoms with Crippen molar-refractivity contribution in [3.8, 4) is 0 Å². The Morgan fingerprint density at radius 1 is 1.00 bits per heavy atom. The Morgan fingerprint density at radius 3 is 2.18 bits per heavy atom. The van der Waals surface area contributed by atoms with Crippen LogP contribution >= 0.6 is 0 Å². The molecule has 2 aliphatic carbocycles. The predicted octanol–water partition coefficient (Wildman–Crippen LogP) is 2.77. The van der Waals surface area contributed by atoms with Crippen molar-refractivity contribution in [3.63, 3.8) is 0 Å². The molecule has 1 saturated heterocycles. The van der Waals surface area contributed by atoms with Crippen LogP contribution in [0.4, 0.5) is 0 Å². The van der Waals surface area contributed by atoms with E-state index in [-0.39, 0.29) is 35.8 Å². The minimum atomic E-state index is -0.749. The van der Waals surface area contributed by atoms with E-state index in [1.807, 2.05) is 13.0 Å². The lowest BCUT2D eigenvalue weighted by molar-refractivity contribution is -0.224. The second kappa shape index (κ2) is 7.17. The molecule has 1 saturated carbocycles. The van der Waals surface area contributed by atoms with Crippen LogP contribution in [0.15, 0.2) is 11.6 Å². The number of carbonyl (C=O) groups excluding carboxylic acids is 3. The third kappa shape index (κ3) is 3.45. The predicted molar refractivity (Wildman–Crippen MR) is 98.8 cm³/mol. The molecule has 0 spiro atoms. The number of rotatable bonds is 3. The lowest BCUT2D eigenvalue weighted by Gasteiger charge is -2.60. The number of hydrogen-bond donors (Lipinski definition) is 0. The van der Waals surface area contributed by atoms with Crippen LogP contribution in [-0.4, -0.2) is 43.0 Å². The molecule has 7 nitrogen and oxygen atoms in total. The summed E-state index contributed by atoms with van der Waals surface area (Å²) in [5.41, 5.74) is 0.122. The Kier molecular flexibility index (Phi) is 5.34. The molecule has 1 heterocycles. The van der Waals surface area contributed by atoms with Crippen LogP contribution in [0.2, 0.25) is 0 Å². The van der Waals surface area contributed by atoms with Crippen molar-refractivity contribution in [3.05, 3.63) is 11.6 Å². The number of fused-ring (bicyclic) bond motifs is 3. The highest BCUT2D eigenvalue weighted by Gasteiger charge is 2.65. The average molecular weight is 394 g/mol. The van der Waals surface area contributed by atoms with Crippen LogP contribution in [-0.2, 0) is 33.3 Å². The molecule has 156 valence electrons. The lowest BCUT2D eigenvalue weighted by atomic mass is 9.47. The summed E-state index contributed by atoms with van der Waals surface area (Å²) < 4.78 is 22.8. The fraction of sp³-hybridized carbons (Fsp3) is 0.762. The van der Waals surface area contributed by atoms with Gasteiger partial charge in [-0.05, 0) is 29.9 Å². The summed E-state index contributed by atoms with van der Waals surface area (Å²) in [7, 11) is 0. The summed E-state index contributed by atoms with van der Waals surface area (Å²) in [5, 5.41) is 0. The third-order valence-electron chi connectivity index (χ3n) is 6.61. The third-order valence-corrected chi connectivity index (χ3v) is 6.61. The number of hydrogen-bond acceptors (Lipinski definition) is 7. The van der Waals surface area contributed by atoms with Crippen molar-refractivity contribution in [2.75, 3.05) is 6.61 Å². The maximum atomic E-state index is 11.9. The van der Waals surface area contributed by atoms with Gasteiger partial charge in [-0.25, -0.2) is 0 Å². The van der Waals surface area contributed by atoms with Gasteiger partial charge < -0.3 is 18.9 Å². The van der Waals surface area contributed by atoms with Crippen LogP contribution < -0.4 is 0 Å². The Labute approximate surface area is 165 Å². The molecule has 0 amide bonds. The number of carbonyl (C=O) groups is 3. The standard InChI is InChI=1S/C21H30O7/c1-11(22)26-15-9-14-10-25-19(28-13(3)24)17(14)21(6)16(27-12(2)23)7-8-20(4,5)18(15)21/h9,15-19H,7-8,10H2,1-6H3. The van der Waals surface area contributed by atoms with E-state index in [0.29, 0.717) is 6.42 Å². The van der Waals surface area contributed by atoms with E-state index in [0.717, 1.165) is 12.0 Å². The van der Waals surface area contributed by atoms with Gasteiger partial charge in [0, 0.05) is 32.1 Å². The van der Waals surface area contributed by atoms with Gasteiger partial charge >= 0.3 is 17.9 Å². The van der Waals surface area contributed by atoms with E-state index in [2.05, 4.69) is 13.8 Å². The zero-order valence-electron chi connectivity index (χ0n) is 17.4. The maximum absolute atomic E-state index is 11.9. The van der Waals surface area contributed by atoms with Crippen molar-refractivity contribution in [1.29, 1.82) is 0 Å². The van der Waals surface area contributed by atoms with E-state index in [1.54, 1.807) is 0 Å². The van der Waals surface area contributed by atoms with Gasteiger partial charge in [-0.15, -0.1) is 0 Å². The Balaban J connectivity index is 2.14. The molecule has 7 heteroatoms. The van der Waals surface area contributed by atoms with Gasteiger partial charge in [-0.2, -0.15) is 0 Å². The van der Waals surface area contributed by atoms with Crippen molar-refractivity contribution in [2.45, 2.75) is 72.9 Å². The zero-order chi connectivity index (χ0) is 20.9. The first kappa shape index (κ1) is 20.8. The van der Waals surface area contributed by atoms with Gasteiger partial charge in [-0.3, -0.25) is 14.4 Å². The molecule has 2 fully saturated rings. The fourth-order valence-corrected chi connectivity index (χ4v) is 5.84. The Morgan fingerprint density at radius 2 is 1.61 bits per heavy atom. The molecule has 3 aliphatic rings. The van der Waals surface area contributed by atoms with E-state index in [9.17, 15) is 14.4 Å². The summed E-state index contributed by atoms with van der Waals surface area (Å²) in [6.45, 7) is 10.8. The number of esters is 3. The first-order valence-electron chi connectivity index (χ1n) is 9.80. The summed E-state index contributed by atoms with van der Waals surface area (Å²) in [5.74, 6) is -1.53. The molecule has 1 aliphatic heterocycles. The maximum Gasteiger partial charge on any atom is 0.304 e. The van der Waals surface area contributed by atoms with E-state index in [4.69, 9.17) is 18.9 Å². The van der Waals surface area contributed by atoms with Gasteiger partial charge in [0.15, 0.2) is 0 Å². The van der Waals surface area contributed by atoms with E-state index in [1.165, 1.54) is 20.8 Å². The van der Waals surface area contributed by atoms with Crippen molar-refractivity contribution >= 4 is 17.9 Å². The molecule has 0 aromatic carbocycles. The monoisotopic (exact) mass is 394 g/mol. The first-order valence-corrected chi connectivity index (χ1v) is 9.80. The quantitative estimate of drug-likeness (QED) is 0.413. The smallest absolute Gasteiger partial charge is 0.304 e. The molecule has 0 bridgehead atoms. The van der Waals surface area contributed by atoms with Crippen LogP contribution in [0, 0.1) is 22.7 Å². The lowest BCUT2D eigenvalue weighted by Crippen LogP contribution is -2.62. The summed E-state index contributed by atoms with van der Waals surface area (Å²) in [6, 6.07) is 0. The van der Waals surface area contributed by atoms with Crippen LogP contribution in [0.5, 0.6) is 0 Å². The van der Waals surface area contributed by atoms with Gasteiger partial charge in [0.2, 0.25) is 6.29 Å². The summed E-state index contributed by atoms with van der Waals surface area (Å²) in [4.78, 5) is 35.3. The molecule has 28 heavy (non-hydrogen) atoms. The molecular weight excluding hydrogens is 364 g/mol. The molecule has 6 unspecified atom stereocenters. The topological polar surface area (TPSA) is 88.1 Å². The molecule has 0 aromatic rings. The Bertz CT molecular complexity index is 710. The minimum absolute atomic E-state index is 0.129. The van der Waals surface area contributed by atoms with Crippen LogP contribution in [0.25, 0.3) is 0 Å². The second-order valence-corrected chi connectivity index (χ2v) is 9.05.